The summed E-state index contributed by atoms with van der Waals surface area (Å²) < 4.78 is 29.0. The van der Waals surface area contributed by atoms with Crippen LogP contribution in [0.5, 0.6) is 5.75 Å². The average molecular weight is 334 g/mol. The molecule has 1 rings (SSSR count). The van der Waals surface area contributed by atoms with Gasteiger partial charge in [-0.2, -0.15) is 0 Å². The lowest BCUT2D eigenvalue weighted by Gasteiger charge is -2.19. The third-order valence-electron chi connectivity index (χ3n) is 3.13. The summed E-state index contributed by atoms with van der Waals surface area (Å²) in [6.07, 6.45) is 0. The first-order valence-corrected chi connectivity index (χ1v) is 9.04. The van der Waals surface area contributed by atoms with Gasteiger partial charge in [0.15, 0.2) is 9.84 Å². The van der Waals surface area contributed by atoms with Crippen LogP contribution in [-0.2, 0) is 16.4 Å². The molecule has 0 atom stereocenters. The van der Waals surface area contributed by atoms with E-state index >= 15 is 0 Å². The number of sulfone groups is 1. The van der Waals surface area contributed by atoms with Gasteiger partial charge in [0.25, 0.3) is 0 Å². The smallest absolute Gasteiger partial charge is 0.158 e. The molecule has 0 unspecified atom stereocenters. The van der Waals surface area contributed by atoms with Gasteiger partial charge in [0.1, 0.15) is 12.4 Å². The molecule has 0 radical (unpaired) electrons. The molecule has 0 bridgehead atoms. The lowest BCUT2D eigenvalue weighted by atomic mass is 10.2. The van der Waals surface area contributed by atoms with Gasteiger partial charge in [-0.25, -0.2) is 8.42 Å². The van der Waals surface area contributed by atoms with Gasteiger partial charge in [-0.3, -0.25) is 0 Å². The Kier molecular flexibility index (Phi) is 6.50. The van der Waals surface area contributed by atoms with Gasteiger partial charge >= 0.3 is 0 Å². The van der Waals surface area contributed by atoms with Gasteiger partial charge in [-0.15, -0.1) is 0 Å². The summed E-state index contributed by atoms with van der Waals surface area (Å²) in [5.74, 6) is 0.671. The first kappa shape index (κ1) is 18.3. The summed E-state index contributed by atoms with van der Waals surface area (Å²) >= 11 is 5.98. The number of rotatable bonds is 7. The molecule has 0 spiro atoms. The number of halogens is 1. The summed E-state index contributed by atoms with van der Waals surface area (Å²) in [5.41, 5.74) is 0.928. The molecule has 1 aromatic rings. The van der Waals surface area contributed by atoms with Crippen LogP contribution in [-0.4, -0.2) is 32.1 Å². The van der Waals surface area contributed by atoms with E-state index < -0.39 is 14.6 Å². The van der Waals surface area contributed by atoms with Gasteiger partial charge in [-0.1, -0.05) is 18.5 Å². The molecule has 0 saturated carbocycles. The standard InChI is InChI=1S/C15H24ClNO3S/c1-5-17-11-12-10-13(16)6-7-14(12)20-8-9-21(18,19)15(2,3)4/h6-7,10,17H,5,8-9,11H2,1-4H3. The Labute approximate surface area is 132 Å². The molecule has 0 saturated heterocycles. The van der Waals surface area contributed by atoms with Crippen LogP contribution < -0.4 is 10.1 Å². The monoisotopic (exact) mass is 333 g/mol. The summed E-state index contributed by atoms with van der Waals surface area (Å²) in [7, 11) is -3.17. The number of nitrogens with one attached hydrogen (secondary N) is 1. The number of ether oxygens (including phenoxy) is 1. The fourth-order valence-electron chi connectivity index (χ4n) is 1.65. The molecule has 1 N–H and O–H groups in total. The van der Waals surface area contributed by atoms with Crippen molar-refractivity contribution in [2.75, 3.05) is 18.9 Å². The van der Waals surface area contributed by atoms with Crippen LogP contribution >= 0.6 is 11.6 Å². The minimum atomic E-state index is -3.17. The molecule has 0 heterocycles. The Hall–Kier alpha value is -0.780. The highest BCUT2D eigenvalue weighted by Gasteiger charge is 2.28. The summed E-state index contributed by atoms with van der Waals surface area (Å²) in [6, 6.07) is 5.35. The number of hydrogen-bond donors (Lipinski definition) is 1. The van der Waals surface area contributed by atoms with Crippen molar-refractivity contribution in [2.24, 2.45) is 0 Å². The molecule has 0 aliphatic carbocycles. The zero-order valence-corrected chi connectivity index (χ0v) is 14.6. The van der Waals surface area contributed by atoms with Gasteiger partial charge in [-0.05, 0) is 45.5 Å². The van der Waals surface area contributed by atoms with Crippen molar-refractivity contribution in [3.8, 4) is 5.75 Å². The maximum absolute atomic E-state index is 12.0. The van der Waals surface area contributed by atoms with Crippen molar-refractivity contribution < 1.29 is 13.2 Å². The molecule has 1 aromatic carbocycles. The van der Waals surface area contributed by atoms with Gasteiger partial charge in [0.2, 0.25) is 0 Å². The van der Waals surface area contributed by atoms with E-state index in [0.29, 0.717) is 17.3 Å². The van der Waals surface area contributed by atoms with Crippen molar-refractivity contribution in [2.45, 2.75) is 39.0 Å². The maximum Gasteiger partial charge on any atom is 0.158 e. The van der Waals surface area contributed by atoms with Crippen LogP contribution in [0.15, 0.2) is 18.2 Å². The lowest BCUT2D eigenvalue weighted by Crippen LogP contribution is -2.32. The fourth-order valence-corrected chi connectivity index (χ4v) is 2.76. The van der Waals surface area contributed by atoms with E-state index in [0.717, 1.165) is 12.1 Å². The summed E-state index contributed by atoms with van der Waals surface area (Å²) in [6.45, 7) is 8.72. The van der Waals surface area contributed by atoms with Crippen LogP contribution in [0.1, 0.15) is 33.3 Å². The zero-order valence-electron chi connectivity index (χ0n) is 13.1. The molecular weight excluding hydrogens is 310 g/mol. The normalized spacial score (nSPS) is 12.4. The Morgan fingerprint density at radius 2 is 1.95 bits per heavy atom. The van der Waals surface area contributed by atoms with E-state index in [1.165, 1.54) is 0 Å². The number of hydrogen-bond acceptors (Lipinski definition) is 4. The van der Waals surface area contributed by atoms with Gasteiger partial charge < -0.3 is 10.1 Å². The Balaban J connectivity index is 2.71. The quantitative estimate of drug-likeness (QED) is 0.833. The van der Waals surface area contributed by atoms with Crippen LogP contribution in [0.4, 0.5) is 0 Å². The second-order valence-corrected chi connectivity index (χ2v) is 9.11. The molecule has 0 fully saturated rings. The Morgan fingerprint density at radius 1 is 1.29 bits per heavy atom. The van der Waals surface area contributed by atoms with Gasteiger partial charge in [0.05, 0.1) is 10.5 Å². The van der Waals surface area contributed by atoms with Gasteiger partial charge in [0, 0.05) is 17.1 Å². The third-order valence-corrected chi connectivity index (χ3v) is 5.94. The molecule has 0 aliphatic heterocycles. The van der Waals surface area contributed by atoms with Crippen LogP contribution in [0.25, 0.3) is 0 Å². The molecule has 0 aromatic heterocycles. The molecular formula is C15H24ClNO3S. The first-order chi connectivity index (χ1) is 9.67. The van der Waals surface area contributed by atoms with E-state index in [2.05, 4.69) is 5.32 Å². The highest BCUT2D eigenvalue weighted by atomic mass is 35.5. The Bertz CT molecular complexity index is 565. The molecule has 0 aliphatic rings. The predicted octanol–water partition coefficient (Wildman–Crippen LogP) is 3.04. The van der Waals surface area contributed by atoms with E-state index in [9.17, 15) is 8.42 Å². The van der Waals surface area contributed by atoms with E-state index in [1.54, 1.807) is 32.9 Å². The predicted molar refractivity (Wildman–Crippen MR) is 87.9 cm³/mol. The zero-order chi connectivity index (χ0) is 16.1. The SMILES string of the molecule is CCNCc1cc(Cl)ccc1OCCS(=O)(=O)C(C)(C)C. The maximum atomic E-state index is 12.0. The van der Waals surface area contributed by atoms with Crippen molar-refractivity contribution in [3.05, 3.63) is 28.8 Å². The van der Waals surface area contributed by atoms with Crippen LogP contribution in [0.2, 0.25) is 5.02 Å². The van der Waals surface area contributed by atoms with Crippen LogP contribution in [0, 0.1) is 0 Å². The Morgan fingerprint density at radius 3 is 2.52 bits per heavy atom. The minimum absolute atomic E-state index is 0.000225. The average Bonchev–Trinajstić information content (AvgIpc) is 2.37. The summed E-state index contributed by atoms with van der Waals surface area (Å²) in [4.78, 5) is 0. The van der Waals surface area contributed by atoms with Crippen molar-refractivity contribution in [1.29, 1.82) is 0 Å². The molecule has 0 amide bonds. The molecule has 120 valence electrons. The molecule has 6 heteroatoms. The van der Waals surface area contributed by atoms with Crippen molar-refractivity contribution in [3.63, 3.8) is 0 Å². The number of benzene rings is 1. The molecule has 21 heavy (non-hydrogen) atoms. The van der Waals surface area contributed by atoms with Crippen LogP contribution in [0.3, 0.4) is 0 Å². The van der Waals surface area contributed by atoms with E-state index in [-0.39, 0.29) is 12.4 Å². The highest BCUT2D eigenvalue weighted by Crippen LogP contribution is 2.23. The fraction of sp³-hybridized carbons (Fsp3) is 0.600. The first-order valence-electron chi connectivity index (χ1n) is 7.01. The second kappa shape index (κ2) is 7.47. The topological polar surface area (TPSA) is 55.4 Å². The van der Waals surface area contributed by atoms with Crippen molar-refractivity contribution >= 4 is 21.4 Å². The lowest BCUT2D eigenvalue weighted by molar-refractivity contribution is 0.335. The minimum Gasteiger partial charge on any atom is -0.492 e. The van der Waals surface area contributed by atoms with E-state index in [4.69, 9.17) is 16.3 Å². The second-order valence-electron chi connectivity index (χ2n) is 5.81. The highest BCUT2D eigenvalue weighted by molar-refractivity contribution is 7.92. The summed E-state index contributed by atoms with van der Waals surface area (Å²) in [5, 5.41) is 3.84. The third kappa shape index (κ3) is 5.49. The largest absolute Gasteiger partial charge is 0.492 e. The van der Waals surface area contributed by atoms with Crippen molar-refractivity contribution in [1.82, 2.24) is 5.32 Å². The van der Waals surface area contributed by atoms with E-state index in [1.807, 2.05) is 13.0 Å². The molecule has 4 nitrogen and oxygen atoms in total.